The molecule has 0 aliphatic rings. The molecule has 0 radical (unpaired) electrons. The molecule has 5 heteroatoms. The Morgan fingerprint density at radius 3 is 2.84 bits per heavy atom. The zero-order valence-electron chi connectivity index (χ0n) is 10.1. The minimum absolute atomic E-state index is 0.471. The quantitative estimate of drug-likeness (QED) is 0.649. The highest BCUT2D eigenvalue weighted by molar-refractivity contribution is 9.10. The number of benzene rings is 2. The van der Waals surface area contributed by atoms with Crippen molar-refractivity contribution in [2.24, 2.45) is 0 Å². The topological polar surface area (TPSA) is 52.0 Å². The van der Waals surface area contributed by atoms with E-state index in [1.165, 1.54) is 0 Å². The Morgan fingerprint density at radius 1 is 1.26 bits per heavy atom. The number of rotatable bonds is 1. The Hall–Kier alpha value is -1.52. The van der Waals surface area contributed by atoms with Crippen molar-refractivity contribution < 1.29 is 4.42 Å². The van der Waals surface area contributed by atoms with Crippen LogP contribution in [0.25, 0.3) is 22.6 Å². The molecule has 0 amide bonds. The van der Waals surface area contributed by atoms with E-state index in [1.54, 1.807) is 6.07 Å². The van der Waals surface area contributed by atoms with Crippen LogP contribution in [0.1, 0.15) is 5.56 Å². The second kappa shape index (κ2) is 4.54. The minimum Gasteiger partial charge on any atom is -0.434 e. The van der Waals surface area contributed by atoms with Gasteiger partial charge in [-0.05, 0) is 42.8 Å². The molecule has 1 aromatic heterocycles. The van der Waals surface area contributed by atoms with Gasteiger partial charge in [-0.15, -0.1) is 0 Å². The molecule has 0 aliphatic carbocycles. The number of hydrogen-bond acceptors (Lipinski definition) is 3. The molecule has 2 aromatic carbocycles. The molecule has 19 heavy (non-hydrogen) atoms. The van der Waals surface area contributed by atoms with Crippen LogP contribution in [0.2, 0.25) is 5.02 Å². The molecule has 3 aromatic rings. The maximum absolute atomic E-state index is 6.18. The highest BCUT2D eigenvalue weighted by atomic mass is 79.9. The molecule has 0 bridgehead atoms. The lowest BCUT2D eigenvalue weighted by Gasteiger charge is -1.99. The van der Waals surface area contributed by atoms with Crippen molar-refractivity contribution in [2.45, 2.75) is 6.92 Å². The number of nitrogens with zero attached hydrogens (tertiary/aromatic N) is 1. The third-order valence-electron chi connectivity index (χ3n) is 2.82. The van der Waals surface area contributed by atoms with Crippen LogP contribution in [0.15, 0.2) is 39.2 Å². The lowest BCUT2D eigenvalue weighted by Crippen LogP contribution is -1.86. The number of nitrogens with two attached hydrogens (primary N) is 1. The van der Waals surface area contributed by atoms with Gasteiger partial charge in [0.1, 0.15) is 5.52 Å². The first-order chi connectivity index (χ1) is 9.04. The Morgan fingerprint density at radius 2 is 2.05 bits per heavy atom. The third-order valence-corrected chi connectivity index (χ3v) is 3.64. The predicted molar refractivity (Wildman–Crippen MR) is 81.3 cm³/mol. The molecule has 0 spiro atoms. The van der Waals surface area contributed by atoms with Crippen LogP contribution in [0, 0.1) is 6.92 Å². The monoisotopic (exact) mass is 336 g/mol. The van der Waals surface area contributed by atoms with Gasteiger partial charge >= 0.3 is 0 Å². The lowest BCUT2D eigenvalue weighted by molar-refractivity contribution is 0.621. The van der Waals surface area contributed by atoms with E-state index in [2.05, 4.69) is 20.9 Å². The standard InChI is InChI=1S/C14H10BrClN2O/c1-7-4-11(17)13-12(5-7)18-14(19-13)9-6-8(15)2-3-10(9)16/h2-6H,17H2,1H3. The number of oxazole rings is 1. The molecule has 3 rings (SSSR count). The highest BCUT2D eigenvalue weighted by Gasteiger charge is 2.14. The van der Waals surface area contributed by atoms with Crippen molar-refractivity contribution in [3.8, 4) is 11.5 Å². The molecular formula is C14H10BrClN2O. The zero-order valence-corrected chi connectivity index (χ0v) is 12.4. The average molecular weight is 338 g/mol. The largest absolute Gasteiger partial charge is 0.434 e. The maximum Gasteiger partial charge on any atom is 0.228 e. The van der Waals surface area contributed by atoms with Crippen LogP contribution >= 0.6 is 27.5 Å². The van der Waals surface area contributed by atoms with Gasteiger partial charge in [0.2, 0.25) is 5.89 Å². The molecule has 96 valence electrons. The maximum atomic E-state index is 6.18. The third kappa shape index (κ3) is 2.22. The molecule has 3 nitrogen and oxygen atoms in total. The second-order valence-corrected chi connectivity index (χ2v) is 5.67. The Bertz CT molecular complexity index is 782. The fourth-order valence-corrected chi connectivity index (χ4v) is 2.54. The number of halogens is 2. The van der Waals surface area contributed by atoms with E-state index < -0.39 is 0 Å². The van der Waals surface area contributed by atoms with E-state index in [-0.39, 0.29) is 0 Å². The molecule has 0 saturated heterocycles. The number of aromatic nitrogens is 1. The summed E-state index contributed by atoms with van der Waals surface area (Å²) in [5.74, 6) is 0.471. The molecule has 0 saturated carbocycles. The Labute approximate surface area is 123 Å². The second-order valence-electron chi connectivity index (χ2n) is 4.35. The molecule has 0 atom stereocenters. The minimum atomic E-state index is 0.471. The van der Waals surface area contributed by atoms with E-state index in [4.69, 9.17) is 21.8 Å². The van der Waals surface area contributed by atoms with E-state index >= 15 is 0 Å². The molecule has 0 unspecified atom stereocenters. The van der Waals surface area contributed by atoms with Gasteiger partial charge in [-0.3, -0.25) is 0 Å². The van der Waals surface area contributed by atoms with E-state index in [1.807, 2.05) is 31.2 Å². The molecular weight excluding hydrogens is 328 g/mol. The normalized spacial score (nSPS) is 11.1. The summed E-state index contributed by atoms with van der Waals surface area (Å²) >= 11 is 9.59. The zero-order chi connectivity index (χ0) is 13.6. The summed E-state index contributed by atoms with van der Waals surface area (Å²) in [5.41, 5.74) is 9.64. The lowest BCUT2D eigenvalue weighted by atomic mass is 10.2. The fraction of sp³-hybridized carbons (Fsp3) is 0.0714. The van der Waals surface area contributed by atoms with Gasteiger partial charge in [0.05, 0.1) is 16.3 Å². The van der Waals surface area contributed by atoms with Crippen LogP contribution in [0.3, 0.4) is 0 Å². The van der Waals surface area contributed by atoms with Crippen LogP contribution in [0.4, 0.5) is 5.69 Å². The summed E-state index contributed by atoms with van der Waals surface area (Å²) < 4.78 is 6.65. The molecule has 0 aliphatic heterocycles. The Kier molecular flexibility index (Phi) is 2.99. The number of anilines is 1. The van der Waals surface area contributed by atoms with Crippen molar-refractivity contribution in [1.82, 2.24) is 4.98 Å². The Balaban J connectivity index is 2.26. The molecule has 1 heterocycles. The summed E-state index contributed by atoms with van der Waals surface area (Å²) in [6, 6.07) is 9.33. The molecule has 2 N–H and O–H groups in total. The van der Waals surface area contributed by atoms with E-state index in [0.717, 1.165) is 21.1 Å². The first kappa shape index (κ1) is 12.5. The first-order valence-electron chi connectivity index (χ1n) is 5.66. The van der Waals surface area contributed by atoms with Gasteiger partial charge in [0, 0.05) is 4.47 Å². The summed E-state index contributed by atoms with van der Waals surface area (Å²) in [6.07, 6.45) is 0. The van der Waals surface area contributed by atoms with Gasteiger partial charge in [-0.25, -0.2) is 4.98 Å². The summed E-state index contributed by atoms with van der Waals surface area (Å²) in [6.45, 7) is 1.97. The first-order valence-corrected chi connectivity index (χ1v) is 6.84. The summed E-state index contributed by atoms with van der Waals surface area (Å²) in [7, 11) is 0. The van der Waals surface area contributed by atoms with Crippen molar-refractivity contribution in [2.75, 3.05) is 5.73 Å². The molecule has 0 fully saturated rings. The number of hydrogen-bond donors (Lipinski definition) is 1. The van der Waals surface area contributed by atoms with Crippen molar-refractivity contribution in [3.63, 3.8) is 0 Å². The van der Waals surface area contributed by atoms with Crippen LogP contribution < -0.4 is 5.73 Å². The fourth-order valence-electron chi connectivity index (χ4n) is 1.98. The van der Waals surface area contributed by atoms with Crippen molar-refractivity contribution in [3.05, 3.63) is 45.4 Å². The highest BCUT2D eigenvalue weighted by Crippen LogP contribution is 2.34. The number of aryl methyl sites for hydroxylation is 1. The van der Waals surface area contributed by atoms with Gasteiger partial charge in [-0.1, -0.05) is 27.5 Å². The predicted octanol–water partition coefficient (Wildman–Crippen LogP) is 4.80. The van der Waals surface area contributed by atoms with Crippen molar-refractivity contribution in [1.29, 1.82) is 0 Å². The van der Waals surface area contributed by atoms with Gasteiger partial charge in [-0.2, -0.15) is 0 Å². The number of nitrogen functional groups attached to an aromatic ring is 1. The van der Waals surface area contributed by atoms with Crippen molar-refractivity contribution >= 4 is 44.3 Å². The van der Waals surface area contributed by atoms with Gasteiger partial charge in [0.15, 0.2) is 5.58 Å². The number of fused-ring (bicyclic) bond motifs is 1. The van der Waals surface area contributed by atoms with Crippen LogP contribution in [0.5, 0.6) is 0 Å². The SMILES string of the molecule is Cc1cc(N)c2oc(-c3cc(Br)ccc3Cl)nc2c1. The van der Waals surface area contributed by atoms with Crippen LogP contribution in [-0.4, -0.2) is 4.98 Å². The van der Waals surface area contributed by atoms with Crippen LogP contribution in [-0.2, 0) is 0 Å². The van der Waals surface area contributed by atoms with Gasteiger partial charge in [0.25, 0.3) is 0 Å². The van der Waals surface area contributed by atoms with E-state index in [9.17, 15) is 0 Å². The smallest absolute Gasteiger partial charge is 0.228 e. The summed E-state index contributed by atoms with van der Waals surface area (Å²) in [4.78, 5) is 4.45. The van der Waals surface area contributed by atoms with E-state index in [0.29, 0.717) is 22.2 Å². The summed E-state index contributed by atoms with van der Waals surface area (Å²) in [5, 5.41) is 0.588. The average Bonchev–Trinajstić information content (AvgIpc) is 2.76. The van der Waals surface area contributed by atoms with Gasteiger partial charge < -0.3 is 10.2 Å².